The molecule has 1 fully saturated rings. The summed E-state index contributed by atoms with van der Waals surface area (Å²) in [6.45, 7) is 0.0959. The first-order valence-electron chi connectivity index (χ1n) is 9.00. The smallest absolute Gasteiger partial charge is 0.254 e. The zero-order valence-corrected chi connectivity index (χ0v) is 14.8. The van der Waals surface area contributed by atoms with E-state index < -0.39 is 31.0 Å². The number of nitrogens with zero attached hydrogens (tertiary/aromatic N) is 2. The van der Waals surface area contributed by atoms with Crippen molar-refractivity contribution >= 4 is 5.91 Å². The fraction of sp³-hybridized carbons (Fsp3) is 0.667. The summed E-state index contributed by atoms with van der Waals surface area (Å²) in [4.78, 5) is 18.1. The van der Waals surface area contributed by atoms with E-state index in [1.54, 1.807) is 12.1 Å². The third-order valence-corrected chi connectivity index (χ3v) is 4.55. The van der Waals surface area contributed by atoms with Crippen molar-refractivity contribution in [1.29, 1.82) is 0 Å². The number of ether oxygens (including phenoxy) is 1. The van der Waals surface area contributed by atoms with Crippen LogP contribution < -0.4 is 0 Å². The second kappa shape index (κ2) is 10.5. The number of aliphatic hydroxyl groups is 4. The van der Waals surface area contributed by atoms with Gasteiger partial charge in [-0.25, -0.2) is 0 Å². The van der Waals surface area contributed by atoms with Crippen LogP contribution in [0.1, 0.15) is 36.0 Å². The molecule has 1 aromatic rings. The van der Waals surface area contributed by atoms with Crippen molar-refractivity contribution in [2.45, 2.75) is 50.1 Å². The highest BCUT2D eigenvalue weighted by molar-refractivity contribution is 5.94. The highest BCUT2D eigenvalue weighted by Crippen LogP contribution is 2.16. The monoisotopic (exact) mass is 368 g/mol. The molecule has 0 saturated carbocycles. The zero-order valence-electron chi connectivity index (χ0n) is 14.8. The molecule has 1 aliphatic heterocycles. The molecule has 26 heavy (non-hydrogen) atoms. The molecule has 2 heterocycles. The van der Waals surface area contributed by atoms with Gasteiger partial charge < -0.3 is 30.1 Å². The Labute approximate surface area is 153 Å². The SMILES string of the molecule is O=C(c1ccncc1)N1CCCCCCO[C@H]([C@H](O)CO)[C@H](O)[C@H](O)C1. The predicted molar refractivity (Wildman–Crippen MR) is 93.5 cm³/mol. The maximum atomic E-state index is 12.7. The Hall–Kier alpha value is -1.58. The molecule has 0 aromatic carbocycles. The number of hydrogen-bond donors (Lipinski definition) is 4. The van der Waals surface area contributed by atoms with E-state index in [1.807, 2.05) is 0 Å². The maximum absolute atomic E-state index is 12.7. The van der Waals surface area contributed by atoms with Crippen molar-refractivity contribution in [3.8, 4) is 0 Å². The largest absolute Gasteiger partial charge is 0.394 e. The summed E-state index contributed by atoms with van der Waals surface area (Å²) < 4.78 is 5.50. The van der Waals surface area contributed by atoms with Crippen molar-refractivity contribution in [1.82, 2.24) is 9.88 Å². The number of amides is 1. The van der Waals surface area contributed by atoms with Gasteiger partial charge in [-0.15, -0.1) is 0 Å². The van der Waals surface area contributed by atoms with E-state index >= 15 is 0 Å². The minimum absolute atomic E-state index is 0.0969. The maximum Gasteiger partial charge on any atom is 0.254 e. The number of aromatic nitrogens is 1. The third kappa shape index (κ3) is 5.72. The summed E-state index contributed by atoms with van der Waals surface area (Å²) in [7, 11) is 0. The lowest BCUT2D eigenvalue weighted by Gasteiger charge is -2.33. The van der Waals surface area contributed by atoms with Gasteiger partial charge in [-0.3, -0.25) is 9.78 Å². The topological polar surface area (TPSA) is 123 Å². The molecule has 146 valence electrons. The quantitative estimate of drug-likeness (QED) is 0.570. The first-order valence-corrected chi connectivity index (χ1v) is 9.00. The molecule has 0 spiro atoms. The summed E-state index contributed by atoms with van der Waals surface area (Å²) in [5.41, 5.74) is 0.456. The molecule has 2 rings (SSSR count). The summed E-state index contributed by atoms with van der Waals surface area (Å²) >= 11 is 0. The van der Waals surface area contributed by atoms with Gasteiger partial charge in [-0.05, 0) is 25.0 Å². The molecular formula is C18H28N2O6. The third-order valence-electron chi connectivity index (χ3n) is 4.55. The number of pyridine rings is 1. The van der Waals surface area contributed by atoms with Crippen LogP contribution in [0.25, 0.3) is 0 Å². The van der Waals surface area contributed by atoms with E-state index in [9.17, 15) is 25.2 Å². The predicted octanol–water partition coefficient (Wildman–Crippen LogP) is -0.442. The fourth-order valence-electron chi connectivity index (χ4n) is 3.02. The van der Waals surface area contributed by atoms with Crippen LogP contribution in [0.3, 0.4) is 0 Å². The Balaban J connectivity index is 2.15. The lowest BCUT2D eigenvalue weighted by atomic mass is 10.0. The van der Waals surface area contributed by atoms with Crippen LogP contribution in [-0.2, 0) is 4.74 Å². The molecule has 4 atom stereocenters. The van der Waals surface area contributed by atoms with Crippen molar-refractivity contribution in [2.75, 3.05) is 26.3 Å². The van der Waals surface area contributed by atoms with Gasteiger partial charge in [0.05, 0.1) is 6.61 Å². The standard InChI is InChI=1S/C18H28N2O6/c21-12-15(23)17-16(24)14(22)11-20(9-3-1-2-4-10-26-17)18(25)13-5-7-19-8-6-13/h5-8,14-17,21-24H,1-4,9-12H2/t14-,15-,16-,17-/m1/s1. The van der Waals surface area contributed by atoms with E-state index in [2.05, 4.69) is 4.98 Å². The van der Waals surface area contributed by atoms with Gasteiger partial charge in [0.25, 0.3) is 5.91 Å². The van der Waals surface area contributed by atoms with Crippen LogP contribution in [0.4, 0.5) is 0 Å². The fourth-order valence-corrected chi connectivity index (χ4v) is 3.02. The summed E-state index contributed by atoms with van der Waals surface area (Å²) in [5.74, 6) is -0.254. The number of rotatable bonds is 3. The van der Waals surface area contributed by atoms with Crippen LogP contribution in [-0.4, -0.2) is 86.9 Å². The van der Waals surface area contributed by atoms with Gasteiger partial charge in [0.2, 0.25) is 0 Å². The Kier molecular flexibility index (Phi) is 8.40. The molecule has 1 aromatic heterocycles. The van der Waals surface area contributed by atoms with Gasteiger partial charge in [-0.1, -0.05) is 12.8 Å². The Morgan fingerprint density at radius 3 is 2.62 bits per heavy atom. The minimum Gasteiger partial charge on any atom is -0.394 e. The van der Waals surface area contributed by atoms with Crippen molar-refractivity contribution in [2.24, 2.45) is 0 Å². The molecule has 1 aliphatic rings. The van der Waals surface area contributed by atoms with Gasteiger partial charge in [-0.2, -0.15) is 0 Å². The molecule has 4 N–H and O–H groups in total. The summed E-state index contributed by atoms with van der Waals surface area (Å²) in [6.07, 6.45) is 1.17. The Morgan fingerprint density at radius 1 is 1.23 bits per heavy atom. The molecular weight excluding hydrogens is 340 g/mol. The molecule has 0 aliphatic carbocycles. The van der Waals surface area contributed by atoms with E-state index in [-0.39, 0.29) is 12.5 Å². The molecule has 0 radical (unpaired) electrons. The molecule has 1 amide bonds. The highest BCUT2D eigenvalue weighted by atomic mass is 16.5. The lowest BCUT2D eigenvalue weighted by molar-refractivity contribution is -0.145. The van der Waals surface area contributed by atoms with Crippen LogP contribution in [0, 0.1) is 0 Å². The average Bonchev–Trinajstić information content (AvgIpc) is 2.67. The number of aliphatic hydroxyl groups excluding tert-OH is 4. The molecule has 8 nitrogen and oxygen atoms in total. The van der Waals surface area contributed by atoms with E-state index in [1.165, 1.54) is 17.3 Å². The van der Waals surface area contributed by atoms with Crippen LogP contribution >= 0.6 is 0 Å². The van der Waals surface area contributed by atoms with Crippen LogP contribution in [0.15, 0.2) is 24.5 Å². The van der Waals surface area contributed by atoms with Crippen molar-refractivity contribution in [3.63, 3.8) is 0 Å². The second-order valence-corrected chi connectivity index (χ2v) is 6.54. The highest BCUT2D eigenvalue weighted by Gasteiger charge is 2.34. The second-order valence-electron chi connectivity index (χ2n) is 6.54. The normalized spacial score (nSPS) is 27.2. The van der Waals surface area contributed by atoms with Gasteiger partial charge in [0.1, 0.15) is 24.4 Å². The first kappa shape index (κ1) is 20.7. The van der Waals surface area contributed by atoms with Crippen molar-refractivity contribution in [3.05, 3.63) is 30.1 Å². The number of β-amino-alcohol motifs (C(OH)–C–C–N with tert-alkyl or cyclic N) is 1. The van der Waals surface area contributed by atoms with Crippen molar-refractivity contribution < 1.29 is 30.0 Å². The molecule has 0 unspecified atom stereocenters. The molecule has 8 heteroatoms. The summed E-state index contributed by atoms with van der Waals surface area (Å²) in [5, 5.41) is 39.9. The number of carbonyl (C=O) groups is 1. The Morgan fingerprint density at radius 2 is 1.92 bits per heavy atom. The minimum atomic E-state index is -1.43. The lowest BCUT2D eigenvalue weighted by Crippen LogP contribution is -2.52. The number of carbonyl (C=O) groups excluding carboxylic acids is 1. The molecule has 0 bridgehead atoms. The zero-order chi connectivity index (χ0) is 18.9. The van der Waals surface area contributed by atoms with Gasteiger partial charge in [0.15, 0.2) is 0 Å². The van der Waals surface area contributed by atoms with E-state index in [0.717, 1.165) is 25.7 Å². The molecule has 1 saturated heterocycles. The van der Waals surface area contributed by atoms with E-state index in [0.29, 0.717) is 18.7 Å². The average molecular weight is 368 g/mol. The van der Waals surface area contributed by atoms with E-state index in [4.69, 9.17) is 4.74 Å². The van der Waals surface area contributed by atoms with Crippen LogP contribution in [0.2, 0.25) is 0 Å². The van der Waals surface area contributed by atoms with Gasteiger partial charge in [0, 0.05) is 37.7 Å². The van der Waals surface area contributed by atoms with Gasteiger partial charge >= 0.3 is 0 Å². The Bertz CT molecular complexity index is 544. The number of hydrogen-bond acceptors (Lipinski definition) is 7. The summed E-state index contributed by atoms with van der Waals surface area (Å²) in [6, 6.07) is 3.20. The van der Waals surface area contributed by atoms with Crippen LogP contribution in [0.5, 0.6) is 0 Å². The first-order chi connectivity index (χ1) is 12.5.